The van der Waals surface area contributed by atoms with Crippen LogP contribution in [0.25, 0.3) is 0 Å². The van der Waals surface area contributed by atoms with Gasteiger partial charge in [-0.25, -0.2) is 0 Å². The Balaban J connectivity index is 2.93. The predicted molar refractivity (Wildman–Crippen MR) is 64.9 cm³/mol. The summed E-state index contributed by atoms with van der Waals surface area (Å²) < 4.78 is 6.00. The Morgan fingerprint density at radius 2 is 2.00 bits per heavy atom. The summed E-state index contributed by atoms with van der Waals surface area (Å²) in [4.78, 5) is 0. The first-order valence-electron chi connectivity index (χ1n) is 5.44. The fourth-order valence-corrected chi connectivity index (χ4v) is 4.83. The fraction of sp³-hybridized carbons (Fsp3) is 0.667. The van der Waals surface area contributed by atoms with Crippen molar-refractivity contribution in [3.63, 3.8) is 0 Å². The topological polar surface area (TPSA) is 9.23 Å². The van der Waals surface area contributed by atoms with Crippen molar-refractivity contribution in [1.29, 1.82) is 0 Å². The highest BCUT2D eigenvalue weighted by atomic mass is 28.4. The van der Waals surface area contributed by atoms with Crippen LogP contribution in [0.15, 0.2) is 24.3 Å². The molecule has 0 amide bonds. The van der Waals surface area contributed by atoms with Crippen molar-refractivity contribution in [2.75, 3.05) is 6.61 Å². The maximum Gasteiger partial charge on any atom is 0.196 e. The number of allylic oxidation sites excluding steroid dienone is 4. The summed E-state index contributed by atoms with van der Waals surface area (Å²) >= 11 is 0. The van der Waals surface area contributed by atoms with Gasteiger partial charge >= 0.3 is 0 Å². The van der Waals surface area contributed by atoms with Gasteiger partial charge in [0.25, 0.3) is 0 Å². The van der Waals surface area contributed by atoms with Crippen LogP contribution in [0.5, 0.6) is 0 Å². The molecule has 0 aromatic heterocycles. The standard InChI is InChI=1S/C12H22OSi/c1-6-13-14(4,5)12(3)10-8-7-9-11(12)2/h7-11H,6H2,1-5H3. The van der Waals surface area contributed by atoms with Crippen molar-refractivity contribution in [3.05, 3.63) is 24.3 Å². The van der Waals surface area contributed by atoms with Crippen molar-refractivity contribution in [1.82, 2.24) is 0 Å². The van der Waals surface area contributed by atoms with Crippen LogP contribution in [-0.2, 0) is 4.43 Å². The fourth-order valence-electron chi connectivity index (χ4n) is 2.10. The Hall–Kier alpha value is -0.343. The zero-order valence-electron chi connectivity index (χ0n) is 10.0. The Kier molecular flexibility index (Phi) is 3.38. The van der Waals surface area contributed by atoms with E-state index in [1.165, 1.54) is 0 Å². The molecule has 0 heterocycles. The maximum atomic E-state index is 6.00. The van der Waals surface area contributed by atoms with Gasteiger partial charge in [0, 0.05) is 11.6 Å². The van der Waals surface area contributed by atoms with Gasteiger partial charge in [0.2, 0.25) is 0 Å². The molecule has 0 spiro atoms. The Morgan fingerprint density at radius 3 is 2.50 bits per heavy atom. The minimum atomic E-state index is -1.63. The molecule has 0 radical (unpaired) electrons. The summed E-state index contributed by atoms with van der Waals surface area (Å²) in [5, 5.41) is 0.234. The molecule has 0 aliphatic heterocycles. The van der Waals surface area contributed by atoms with E-state index in [2.05, 4.69) is 58.2 Å². The molecule has 1 nitrogen and oxygen atoms in total. The highest BCUT2D eigenvalue weighted by Gasteiger charge is 2.46. The van der Waals surface area contributed by atoms with Crippen molar-refractivity contribution in [2.24, 2.45) is 5.92 Å². The largest absolute Gasteiger partial charge is 0.417 e. The van der Waals surface area contributed by atoms with Gasteiger partial charge in [-0.15, -0.1) is 0 Å². The van der Waals surface area contributed by atoms with E-state index >= 15 is 0 Å². The summed E-state index contributed by atoms with van der Waals surface area (Å²) in [5.74, 6) is 0.584. The van der Waals surface area contributed by atoms with Gasteiger partial charge in [-0.05, 0) is 25.9 Å². The van der Waals surface area contributed by atoms with Crippen molar-refractivity contribution in [3.8, 4) is 0 Å². The Morgan fingerprint density at radius 1 is 1.36 bits per heavy atom. The molecule has 80 valence electrons. The lowest BCUT2D eigenvalue weighted by atomic mass is 9.90. The third kappa shape index (κ3) is 1.86. The number of hydrogen-bond donors (Lipinski definition) is 0. The van der Waals surface area contributed by atoms with E-state index in [4.69, 9.17) is 4.43 Å². The summed E-state index contributed by atoms with van der Waals surface area (Å²) in [5.41, 5.74) is 0. The molecule has 0 aromatic carbocycles. The average Bonchev–Trinajstić information content (AvgIpc) is 2.10. The molecular formula is C12H22OSi. The molecule has 2 unspecified atom stereocenters. The smallest absolute Gasteiger partial charge is 0.196 e. The number of rotatable bonds is 3. The van der Waals surface area contributed by atoms with Crippen molar-refractivity contribution in [2.45, 2.75) is 38.9 Å². The van der Waals surface area contributed by atoms with E-state index in [9.17, 15) is 0 Å². The van der Waals surface area contributed by atoms with E-state index in [1.54, 1.807) is 0 Å². The molecule has 0 saturated carbocycles. The second-order valence-corrected chi connectivity index (χ2v) is 9.15. The molecule has 1 aliphatic rings. The van der Waals surface area contributed by atoms with E-state index in [-0.39, 0.29) is 5.04 Å². The lowest BCUT2D eigenvalue weighted by Crippen LogP contribution is -2.46. The normalized spacial score (nSPS) is 32.2. The predicted octanol–water partition coefficient (Wildman–Crippen LogP) is 3.75. The zero-order valence-corrected chi connectivity index (χ0v) is 11.0. The molecule has 0 N–H and O–H groups in total. The maximum absolute atomic E-state index is 6.00. The van der Waals surface area contributed by atoms with Crippen molar-refractivity contribution >= 4 is 8.32 Å². The Labute approximate surface area is 89.0 Å². The molecule has 14 heavy (non-hydrogen) atoms. The molecule has 0 bridgehead atoms. The quantitative estimate of drug-likeness (QED) is 0.645. The molecule has 2 atom stereocenters. The minimum absolute atomic E-state index is 0.234. The first kappa shape index (κ1) is 11.7. The van der Waals surface area contributed by atoms with Crippen LogP contribution >= 0.6 is 0 Å². The van der Waals surface area contributed by atoms with Crippen LogP contribution in [0.4, 0.5) is 0 Å². The van der Waals surface area contributed by atoms with Gasteiger partial charge in [0.05, 0.1) is 0 Å². The average molecular weight is 210 g/mol. The van der Waals surface area contributed by atoms with Crippen molar-refractivity contribution < 1.29 is 4.43 Å². The Bertz CT molecular complexity index is 255. The van der Waals surface area contributed by atoms with Crippen LogP contribution in [0, 0.1) is 5.92 Å². The first-order valence-corrected chi connectivity index (χ1v) is 8.35. The third-order valence-electron chi connectivity index (χ3n) is 3.70. The lowest BCUT2D eigenvalue weighted by Gasteiger charge is -2.44. The number of hydrogen-bond acceptors (Lipinski definition) is 1. The highest BCUT2D eigenvalue weighted by Crippen LogP contribution is 2.48. The molecule has 0 fully saturated rings. The van der Waals surface area contributed by atoms with Crippen LogP contribution in [0.1, 0.15) is 20.8 Å². The van der Waals surface area contributed by atoms with E-state index in [1.807, 2.05) is 0 Å². The van der Waals surface area contributed by atoms with Gasteiger partial charge in [0.1, 0.15) is 0 Å². The minimum Gasteiger partial charge on any atom is -0.417 e. The summed E-state index contributed by atoms with van der Waals surface area (Å²) in [6.07, 6.45) is 8.92. The monoisotopic (exact) mass is 210 g/mol. The van der Waals surface area contributed by atoms with Crippen LogP contribution < -0.4 is 0 Å². The molecule has 1 rings (SSSR count). The molecule has 0 saturated heterocycles. The molecule has 2 heteroatoms. The summed E-state index contributed by atoms with van der Waals surface area (Å²) in [7, 11) is -1.63. The van der Waals surface area contributed by atoms with Crippen LogP contribution in [0.3, 0.4) is 0 Å². The SMILES string of the molecule is CCO[Si](C)(C)C1(C)C=CC=CC1C. The van der Waals surface area contributed by atoms with E-state index in [0.29, 0.717) is 5.92 Å². The van der Waals surface area contributed by atoms with Gasteiger partial charge < -0.3 is 4.43 Å². The third-order valence-corrected chi connectivity index (χ3v) is 7.93. The molecule has 1 aliphatic carbocycles. The first-order chi connectivity index (χ1) is 6.44. The van der Waals surface area contributed by atoms with E-state index < -0.39 is 8.32 Å². The zero-order chi connectivity index (χ0) is 10.8. The summed E-state index contributed by atoms with van der Waals surface area (Å²) in [6, 6.07) is 0. The van der Waals surface area contributed by atoms with E-state index in [0.717, 1.165) is 6.61 Å². The van der Waals surface area contributed by atoms with Crippen LogP contribution in [-0.4, -0.2) is 14.9 Å². The van der Waals surface area contributed by atoms with Gasteiger partial charge in [-0.2, -0.15) is 0 Å². The second-order valence-electron chi connectivity index (χ2n) is 4.76. The molecular weight excluding hydrogens is 188 g/mol. The second kappa shape index (κ2) is 4.03. The van der Waals surface area contributed by atoms with Crippen LogP contribution in [0.2, 0.25) is 18.1 Å². The van der Waals surface area contributed by atoms with Gasteiger partial charge in [-0.1, -0.05) is 38.2 Å². The molecule has 0 aromatic rings. The lowest BCUT2D eigenvalue weighted by molar-refractivity contribution is 0.298. The highest BCUT2D eigenvalue weighted by molar-refractivity contribution is 6.75. The summed E-state index contributed by atoms with van der Waals surface area (Å²) in [6.45, 7) is 12.2. The van der Waals surface area contributed by atoms with Gasteiger partial charge in [0.15, 0.2) is 8.32 Å². The van der Waals surface area contributed by atoms with Gasteiger partial charge in [-0.3, -0.25) is 0 Å².